The van der Waals surface area contributed by atoms with Crippen LogP contribution in [0.3, 0.4) is 0 Å². The number of rotatable bonds is 5. The molecule has 0 N–H and O–H groups in total. The molecule has 20 heavy (non-hydrogen) atoms. The van der Waals surface area contributed by atoms with Crippen LogP contribution in [-0.4, -0.2) is 20.4 Å². The average molecular weight is 290 g/mol. The highest BCUT2D eigenvalue weighted by Gasteiger charge is 2.12. The van der Waals surface area contributed by atoms with Gasteiger partial charge in [-0.05, 0) is 12.1 Å². The predicted molar refractivity (Wildman–Crippen MR) is 79.1 cm³/mol. The second kappa shape index (κ2) is 5.67. The Bertz CT molecular complexity index is 717. The predicted octanol–water partition coefficient (Wildman–Crippen LogP) is 3.42. The molecule has 3 rings (SSSR count). The van der Waals surface area contributed by atoms with E-state index in [1.54, 1.807) is 6.20 Å². The smallest absolute Gasteiger partial charge is 0.214 e. The molecule has 0 unspecified atom stereocenters. The molecule has 0 saturated heterocycles. The number of aryl methyl sites for hydroxylation is 2. The zero-order valence-electron chi connectivity index (χ0n) is 11.3. The van der Waals surface area contributed by atoms with Crippen molar-refractivity contribution in [2.45, 2.75) is 26.3 Å². The van der Waals surface area contributed by atoms with Crippen molar-refractivity contribution < 1.29 is 4.42 Å². The second-order valence-electron chi connectivity index (χ2n) is 4.62. The molecule has 0 fully saturated rings. The minimum absolute atomic E-state index is 0.551. The standard InChI is InChI=1S/C15H16ClN3O/c1-2-11-9-17-15(20-11)10-19-13-6-4-3-5-12(13)18-14(19)7-8-16/h3-6,9H,2,7-8,10H2,1H3. The van der Waals surface area contributed by atoms with Gasteiger partial charge in [-0.1, -0.05) is 19.1 Å². The van der Waals surface area contributed by atoms with E-state index in [1.807, 2.05) is 18.2 Å². The van der Waals surface area contributed by atoms with Gasteiger partial charge in [-0.25, -0.2) is 9.97 Å². The van der Waals surface area contributed by atoms with E-state index in [0.717, 1.165) is 35.5 Å². The lowest BCUT2D eigenvalue weighted by atomic mass is 10.3. The van der Waals surface area contributed by atoms with Gasteiger partial charge in [0.05, 0.1) is 17.2 Å². The first-order valence-electron chi connectivity index (χ1n) is 6.75. The first-order valence-corrected chi connectivity index (χ1v) is 7.29. The van der Waals surface area contributed by atoms with E-state index in [0.29, 0.717) is 18.3 Å². The van der Waals surface area contributed by atoms with Gasteiger partial charge in [-0.3, -0.25) is 0 Å². The molecule has 5 heteroatoms. The Kier molecular flexibility index (Phi) is 3.74. The molecule has 104 valence electrons. The third kappa shape index (κ3) is 2.43. The fourth-order valence-corrected chi connectivity index (χ4v) is 2.47. The Balaban J connectivity index is 2.01. The summed E-state index contributed by atoms with van der Waals surface area (Å²) in [7, 11) is 0. The van der Waals surface area contributed by atoms with Gasteiger partial charge in [0.25, 0.3) is 0 Å². The van der Waals surface area contributed by atoms with Crippen molar-refractivity contribution in [3.63, 3.8) is 0 Å². The molecule has 0 saturated carbocycles. The summed E-state index contributed by atoms with van der Waals surface area (Å²) < 4.78 is 7.82. The monoisotopic (exact) mass is 289 g/mol. The van der Waals surface area contributed by atoms with Crippen molar-refractivity contribution in [1.29, 1.82) is 0 Å². The van der Waals surface area contributed by atoms with Crippen LogP contribution in [0.25, 0.3) is 11.0 Å². The number of imidazole rings is 1. The Hall–Kier alpha value is -1.81. The molecule has 4 nitrogen and oxygen atoms in total. The van der Waals surface area contributed by atoms with Crippen molar-refractivity contribution in [3.05, 3.63) is 47.9 Å². The van der Waals surface area contributed by atoms with Crippen LogP contribution in [0.2, 0.25) is 0 Å². The van der Waals surface area contributed by atoms with Crippen molar-refractivity contribution in [3.8, 4) is 0 Å². The molecule has 0 atom stereocenters. The zero-order chi connectivity index (χ0) is 13.9. The number of fused-ring (bicyclic) bond motifs is 1. The Labute approximate surface area is 122 Å². The maximum atomic E-state index is 5.87. The number of aromatic nitrogens is 3. The van der Waals surface area contributed by atoms with E-state index in [1.165, 1.54) is 0 Å². The van der Waals surface area contributed by atoms with Crippen LogP contribution in [0.4, 0.5) is 0 Å². The van der Waals surface area contributed by atoms with Gasteiger partial charge < -0.3 is 8.98 Å². The minimum Gasteiger partial charge on any atom is -0.444 e. The van der Waals surface area contributed by atoms with Crippen LogP contribution in [0.15, 0.2) is 34.9 Å². The molecule has 3 aromatic rings. The maximum Gasteiger partial charge on any atom is 0.214 e. The summed E-state index contributed by atoms with van der Waals surface area (Å²) in [6.45, 7) is 2.64. The summed E-state index contributed by atoms with van der Waals surface area (Å²) in [5.74, 6) is 3.14. The number of benzene rings is 1. The molecular weight excluding hydrogens is 274 g/mol. The van der Waals surface area contributed by atoms with E-state index < -0.39 is 0 Å². The summed E-state index contributed by atoms with van der Waals surface area (Å²) in [5.41, 5.74) is 2.07. The first-order chi connectivity index (χ1) is 9.81. The lowest BCUT2D eigenvalue weighted by Crippen LogP contribution is -2.06. The molecule has 0 amide bonds. The number of hydrogen-bond donors (Lipinski definition) is 0. The topological polar surface area (TPSA) is 43.9 Å². The van der Waals surface area contributed by atoms with Crippen LogP contribution in [-0.2, 0) is 19.4 Å². The molecule has 2 heterocycles. The van der Waals surface area contributed by atoms with Crippen LogP contribution >= 0.6 is 11.6 Å². The zero-order valence-corrected chi connectivity index (χ0v) is 12.1. The largest absolute Gasteiger partial charge is 0.444 e. The van der Waals surface area contributed by atoms with Gasteiger partial charge in [-0.2, -0.15) is 0 Å². The Morgan fingerprint density at radius 1 is 1.30 bits per heavy atom. The molecule has 0 aliphatic rings. The van der Waals surface area contributed by atoms with Crippen LogP contribution in [0.1, 0.15) is 24.4 Å². The highest BCUT2D eigenvalue weighted by molar-refractivity contribution is 6.17. The second-order valence-corrected chi connectivity index (χ2v) is 4.99. The van der Waals surface area contributed by atoms with Crippen molar-refractivity contribution in [1.82, 2.24) is 14.5 Å². The molecule has 0 spiro atoms. The average Bonchev–Trinajstić information content (AvgIpc) is 3.05. The lowest BCUT2D eigenvalue weighted by Gasteiger charge is -2.05. The summed E-state index contributed by atoms with van der Waals surface area (Å²) in [4.78, 5) is 8.96. The third-order valence-corrected chi connectivity index (χ3v) is 3.48. The lowest BCUT2D eigenvalue weighted by molar-refractivity contribution is 0.445. The molecule has 0 aliphatic heterocycles. The van der Waals surface area contributed by atoms with E-state index in [9.17, 15) is 0 Å². The normalized spacial score (nSPS) is 11.3. The van der Waals surface area contributed by atoms with Crippen LogP contribution in [0.5, 0.6) is 0 Å². The van der Waals surface area contributed by atoms with Gasteiger partial charge in [0.1, 0.15) is 18.1 Å². The van der Waals surface area contributed by atoms with E-state index in [2.05, 4.69) is 27.5 Å². The highest BCUT2D eigenvalue weighted by Crippen LogP contribution is 2.18. The number of nitrogens with zero attached hydrogens (tertiary/aromatic N) is 3. The molecule has 2 aromatic heterocycles. The summed E-state index contributed by atoms with van der Waals surface area (Å²) in [6.07, 6.45) is 3.37. The van der Waals surface area contributed by atoms with Gasteiger partial charge >= 0.3 is 0 Å². The van der Waals surface area contributed by atoms with Crippen molar-refractivity contribution in [2.75, 3.05) is 5.88 Å². The first kappa shape index (κ1) is 13.2. The molecular formula is C15H16ClN3O. The molecule has 0 aliphatic carbocycles. The van der Waals surface area contributed by atoms with E-state index in [4.69, 9.17) is 16.0 Å². The quantitative estimate of drug-likeness (QED) is 0.676. The maximum absolute atomic E-state index is 5.87. The number of hydrogen-bond acceptors (Lipinski definition) is 3. The van der Waals surface area contributed by atoms with E-state index in [-0.39, 0.29) is 0 Å². The van der Waals surface area contributed by atoms with Gasteiger partial charge in [0.15, 0.2) is 0 Å². The molecule has 0 radical (unpaired) electrons. The number of oxazole rings is 1. The van der Waals surface area contributed by atoms with Gasteiger partial charge in [0, 0.05) is 18.7 Å². The minimum atomic E-state index is 0.551. The highest BCUT2D eigenvalue weighted by atomic mass is 35.5. The van der Waals surface area contributed by atoms with E-state index >= 15 is 0 Å². The van der Waals surface area contributed by atoms with Crippen molar-refractivity contribution in [2.24, 2.45) is 0 Å². The van der Waals surface area contributed by atoms with Crippen LogP contribution in [0, 0.1) is 0 Å². The third-order valence-electron chi connectivity index (χ3n) is 3.29. The Morgan fingerprint density at radius 2 is 2.15 bits per heavy atom. The van der Waals surface area contributed by atoms with Gasteiger partial charge in [-0.15, -0.1) is 11.6 Å². The number of halogens is 1. The summed E-state index contributed by atoms with van der Waals surface area (Å²) in [6, 6.07) is 8.07. The summed E-state index contributed by atoms with van der Waals surface area (Å²) >= 11 is 5.87. The molecule has 0 bridgehead atoms. The summed E-state index contributed by atoms with van der Waals surface area (Å²) in [5, 5.41) is 0. The Morgan fingerprint density at radius 3 is 2.90 bits per heavy atom. The SMILES string of the molecule is CCc1cnc(Cn2c(CCCl)nc3ccccc32)o1. The van der Waals surface area contributed by atoms with Crippen LogP contribution < -0.4 is 0 Å². The fourth-order valence-electron chi connectivity index (χ4n) is 2.30. The van der Waals surface area contributed by atoms with Gasteiger partial charge in [0.2, 0.25) is 5.89 Å². The number of para-hydroxylation sites is 2. The molecule has 1 aromatic carbocycles. The number of alkyl halides is 1. The fraction of sp³-hybridized carbons (Fsp3) is 0.333. The van der Waals surface area contributed by atoms with Crippen molar-refractivity contribution >= 4 is 22.6 Å².